The Hall–Kier alpha value is -2.68. The van der Waals surface area contributed by atoms with Gasteiger partial charge in [0.2, 0.25) is 0 Å². The Morgan fingerprint density at radius 1 is 1.05 bits per heavy atom. The number of piperidine rings is 1. The number of aliphatic imine (C=N–C) groups is 1. The fourth-order valence-corrected chi connectivity index (χ4v) is 8.11. The zero-order chi connectivity index (χ0) is 28.9. The summed E-state index contributed by atoms with van der Waals surface area (Å²) >= 11 is 1.83. The van der Waals surface area contributed by atoms with Crippen molar-refractivity contribution in [3.05, 3.63) is 47.5 Å². The first-order valence-corrected chi connectivity index (χ1v) is 15.7. The highest BCUT2D eigenvalue weighted by atomic mass is 32.1. The normalized spacial score (nSPS) is 26.8. The first-order valence-electron chi connectivity index (χ1n) is 14.9. The molecule has 3 atom stereocenters. The molecule has 2 bridgehead atoms. The van der Waals surface area contributed by atoms with Gasteiger partial charge in [-0.25, -0.2) is 4.79 Å². The molecule has 3 fully saturated rings. The van der Waals surface area contributed by atoms with E-state index in [4.69, 9.17) is 19.0 Å². The summed E-state index contributed by atoms with van der Waals surface area (Å²) in [6.07, 6.45) is 5.89. The number of hydrogen-bond acceptors (Lipinski definition) is 6. The van der Waals surface area contributed by atoms with Crippen molar-refractivity contribution in [2.24, 2.45) is 10.9 Å². The van der Waals surface area contributed by atoms with E-state index in [9.17, 15) is 4.79 Å². The van der Waals surface area contributed by atoms with Gasteiger partial charge in [0.05, 0.1) is 17.2 Å². The molecule has 41 heavy (non-hydrogen) atoms. The van der Waals surface area contributed by atoms with Crippen LogP contribution in [0.3, 0.4) is 0 Å². The minimum Gasteiger partial charge on any atom is -0.444 e. The zero-order valence-corrected chi connectivity index (χ0v) is 25.9. The summed E-state index contributed by atoms with van der Waals surface area (Å²) in [5.74, 6) is 0.476. The molecule has 0 N–H and O–H groups in total. The van der Waals surface area contributed by atoms with Gasteiger partial charge in [-0.1, -0.05) is 30.3 Å². The van der Waals surface area contributed by atoms with Crippen LogP contribution < -0.4 is 5.46 Å². The molecule has 2 saturated heterocycles. The van der Waals surface area contributed by atoms with Crippen LogP contribution in [0.5, 0.6) is 0 Å². The molecule has 4 heterocycles. The lowest BCUT2D eigenvalue weighted by atomic mass is 9.78. The number of thiophene rings is 1. The summed E-state index contributed by atoms with van der Waals surface area (Å²) in [5, 5.41) is 3.67. The largest absolute Gasteiger partial charge is 0.494 e. The van der Waals surface area contributed by atoms with Gasteiger partial charge in [-0.2, -0.15) is 0 Å². The highest BCUT2D eigenvalue weighted by molar-refractivity contribution is 7.21. The highest BCUT2D eigenvalue weighted by Crippen LogP contribution is 2.46. The summed E-state index contributed by atoms with van der Waals surface area (Å²) in [7, 11) is -0.371. The van der Waals surface area contributed by atoms with Crippen LogP contribution in [0.1, 0.15) is 79.0 Å². The maximum Gasteiger partial charge on any atom is 0.494 e. The lowest BCUT2D eigenvalue weighted by Gasteiger charge is -2.36. The average Bonchev–Trinajstić information content (AvgIpc) is 3.70. The fourth-order valence-electron chi connectivity index (χ4n) is 6.90. The number of carbonyl (C=O) groups is 1. The van der Waals surface area contributed by atoms with Gasteiger partial charge in [-0.05, 0) is 107 Å². The quantitative estimate of drug-likeness (QED) is 0.310. The van der Waals surface area contributed by atoms with E-state index >= 15 is 0 Å². The molecule has 4 aliphatic rings. The van der Waals surface area contributed by atoms with Crippen LogP contribution in [0.25, 0.3) is 26.4 Å². The zero-order valence-electron chi connectivity index (χ0n) is 25.1. The Balaban J connectivity index is 1.12. The molecule has 1 aromatic heterocycles. The van der Waals surface area contributed by atoms with Crippen LogP contribution in [-0.2, 0) is 14.0 Å². The van der Waals surface area contributed by atoms with Crippen molar-refractivity contribution in [1.29, 1.82) is 0 Å². The van der Waals surface area contributed by atoms with Crippen molar-refractivity contribution in [2.75, 3.05) is 0 Å². The van der Waals surface area contributed by atoms with E-state index in [0.717, 1.165) is 36.9 Å². The minimum absolute atomic E-state index is 0.0426. The second kappa shape index (κ2) is 9.16. The van der Waals surface area contributed by atoms with Crippen molar-refractivity contribution in [3.8, 4) is 0 Å². The topological polar surface area (TPSA) is 60.4 Å². The Morgan fingerprint density at radius 3 is 2.51 bits per heavy atom. The van der Waals surface area contributed by atoms with E-state index in [1.807, 2.05) is 43.2 Å². The molecule has 3 aliphatic heterocycles. The number of amides is 1. The van der Waals surface area contributed by atoms with Crippen LogP contribution in [0.15, 0.2) is 47.6 Å². The Kier molecular flexibility index (Phi) is 6.07. The molecule has 1 amide bonds. The molecule has 1 aliphatic carbocycles. The number of benzene rings is 2. The molecule has 2 aromatic carbocycles. The van der Waals surface area contributed by atoms with Crippen LogP contribution in [0, 0.1) is 5.92 Å². The van der Waals surface area contributed by atoms with Gasteiger partial charge in [-0.15, -0.1) is 11.3 Å². The smallest absolute Gasteiger partial charge is 0.444 e. The third-order valence-corrected chi connectivity index (χ3v) is 10.9. The molecule has 7 rings (SSSR count). The number of fused-ring (bicyclic) bond motifs is 5. The van der Waals surface area contributed by atoms with Gasteiger partial charge in [-0.3, -0.25) is 9.89 Å². The Morgan fingerprint density at radius 2 is 1.78 bits per heavy atom. The van der Waals surface area contributed by atoms with Crippen molar-refractivity contribution in [3.63, 3.8) is 0 Å². The predicted octanol–water partition coefficient (Wildman–Crippen LogP) is 7.33. The predicted molar refractivity (Wildman–Crippen MR) is 168 cm³/mol. The second-order valence-corrected chi connectivity index (χ2v) is 15.2. The molecular formula is C33H39BN2O4S. The lowest BCUT2D eigenvalue weighted by Crippen LogP contribution is -2.50. The molecule has 3 aromatic rings. The number of likely N-dealkylation sites (tertiary alicyclic amines) is 1. The van der Waals surface area contributed by atoms with Crippen molar-refractivity contribution in [2.45, 2.75) is 103 Å². The van der Waals surface area contributed by atoms with Gasteiger partial charge in [0.25, 0.3) is 0 Å². The summed E-state index contributed by atoms with van der Waals surface area (Å²) in [4.78, 5) is 21.4. The van der Waals surface area contributed by atoms with Gasteiger partial charge >= 0.3 is 13.2 Å². The SMILES string of the molecule is CC(C)(C)OC(=O)N1C(C2=NC=C(c3cc4ccc5cc(B6OC(C)(C)C(C)(C)O6)ccc5c4s3)C2)[C@H]2CC[C@@H]1C2. The number of nitrogens with zero attached hydrogens (tertiary/aromatic N) is 2. The summed E-state index contributed by atoms with van der Waals surface area (Å²) in [6, 6.07) is 13.6. The maximum absolute atomic E-state index is 13.2. The highest BCUT2D eigenvalue weighted by Gasteiger charge is 2.52. The van der Waals surface area contributed by atoms with Crippen LogP contribution >= 0.6 is 11.3 Å². The summed E-state index contributed by atoms with van der Waals surface area (Å²) in [6.45, 7) is 14.2. The molecule has 1 saturated carbocycles. The first-order chi connectivity index (χ1) is 19.3. The summed E-state index contributed by atoms with van der Waals surface area (Å²) < 4.78 is 19.7. The molecule has 0 spiro atoms. The number of ether oxygens (including phenoxy) is 1. The summed E-state index contributed by atoms with van der Waals surface area (Å²) in [5.41, 5.74) is 2.15. The molecule has 0 radical (unpaired) electrons. The van der Waals surface area contributed by atoms with Crippen LogP contribution in [-0.4, -0.2) is 52.7 Å². The molecule has 1 unspecified atom stereocenters. The van der Waals surface area contributed by atoms with E-state index in [0.29, 0.717) is 5.92 Å². The maximum atomic E-state index is 13.2. The van der Waals surface area contributed by atoms with Crippen LogP contribution in [0.2, 0.25) is 0 Å². The van der Waals surface area contributed by atoms with Crippen molar-refractivity contribution in [1.82, 2.24) is 4.90 Å². The van der Waals surface area contributed by atoms with E-state index in [2.05, 4.69) is 64.1 Å². The van der Waals surface area contributed by atoms with E-state index in [1.165, 1.54) is 31.3 Å². The Labute approximate surface area is 246 Å². The van der Waals surface area contributed by atoms with Gasteiger partial charge < -0.3 is 14.0 Å². The van der Waals surface area contributed by atoms with E-state index < -0.39 is 5.60 Å². The molecular weight excluding hydrogens is 531 g/mol. The third kappa shape index (κ3) is 4.54. The number of rotatable bonds is 3. The van der Waals surface area contributed by atoms with E-state index in [-0.39, 0.29) is 36.5 Å². The fraction of sp³-hybridized carbons (Fsp3) is 0.515. The Bertz CT molecular complexity index is 1620. The molecule has 6 nitrogen and oxygen atoms in total. The number of hydrogen-bond donors (Lipinski definition) is 0. The van der Waals surface area contributed by atoms with Crippen molar-refractivity contribution < 1.29 is 18.8 Å². The van der Waals surface area contributed by atoms with Gasteiger partial charge in [0.1, 0.15) is 5.60 Å². The number of allylic oxidation sites excluding steroid dienone is 1. The monoisotopic (exact) mass is 570 g/mol. The van der Waals surface area contributed by atoms with Gasteiger partial charge in [0.15, 0.2) is 0 Å². The third-order valence-electron chi connectivity index (χ3n) is 9.65. The molecule has 8 heteroatoms. The first kappa shape index (κ1) is 27.2. The van der Waals surface area contributed by atoms with Crippen LogP contribution in [0.4, 0.5) is 4.79 Å². The average molecular weight is 571 g/mol. The molecule has 214 valence electrons. The van der Waals surface area contributed by atoms with E-state index in [1.54, 1.807) is 0 Å². The number of carbonyl (C=O) groups excluding carboxylic acids is 1. The second-order valence-electron chi connectivity index (χ2n) is 14.2. The van der Waals surface area contributed by atoms with Crippen molar-refractivity contribution >= 4 is 62.2 Å². The minimum atomic E-state index is -0.505. The lowest BCUT2D eigenvalue weighted by molar-refractivity contribution is 0.00578. The standard InChI is InChI=1S/C33H39BN2O4S/c1-31(2,3)38-30(37)36-24-12-10-20(15-24)28(36)26-16-22(18-35-26)27-17-21-9-8-19-14-23(11-13-25(19)29(21)41-27)34-39-32(4,5)33(6,7)40-34/h8-9,11,13-14,17-18,20,24,28H,10,12,15-16H2,1-7H3/t20-,24+,28?/m0/s1. The van der Waals surface area contributed by atoms with Gasteiger partial charge in [0, 0.05) is 34.0 Å².